The zero-order valence-electron chi connectivity index (χ0n) is 25.1. The molecular formula is C30H30Cl2N6O9S2. The highest BCUT2D eigenvalue weighted by Crippen LogP contribution is 2.42. The molecule has 0 radical (unpaired) electrons. The largest absolute Gasteiger partial charge is 0.477 e. The summed E-state index contributed by atoms with van der Waals surface area (Å²) >= 11 is 14.4. The predicted molar refractivity (Wildman–Crippen MR) is 181 cm³/mol. The first kappa shape index (κ1) is 37.7. The summed E-state index contributed by atoms with van der Waals surface area (Å²) in [6, 6.07) is 14.1. The number of aliphatic carboxylic acids is 2. The number of carboxylic acids is 2. The highest BCUT2D eigenvalue weighted by Gasteiger charge is 2.55. The van der Waals surface area contributed by atoms with Gasteiger partial charge in [0, 0.05) is 11.5 Å². The number of β-lactam (4-membered cyclic amide) rings is 2. The summed E-state index contributed by atoms with van der Waals surface area (Å²) in [6.45, 7) is 0. The Bertz CT molecular complexity index is 1610. The van der Waals surface area contributed by atoms with Gasteiger partial charge in [-0.3, -0.25) is 29.0 Å². The first-order valence-corrected chi connectivity index (χ1v) is 17.0. The minimum Gasteiger partial charge on any atom is -0.477 e. The molecule has 2 saturated heterocycles. The Labute approximate surface area is 297 Å². The third kappa shape index (κ3) is 7.42. The van der Waals surface area contributed by atoms with Crippen LogP contribution in [0.25, 0.3) is 0 Å². The van der Waals surface area contributed by atoms with Gasteiger partial charge in [0.1, 0.15) is 46.3 Å². The summed E-state index contributed by atoms with van der Waals surface area (Å²) in [4.78, 5) is 73.8. The zero-order valence-corrected chi connectivity index (χ0v) is 28.3. The van der Waals surface area contributed by atoms with Gasteiger partial charge < -0.3 is 37.8 Å². The standard InChI is InChI=1S/2C15H14ClN3O4S.H2O/c2*16-8-6-24-14-10(13(21)19(14)11(8)15(22)23)18-12(20)9(17)7-4-2-1-3-5-7;/h2*1-5,9-10,14H,6,17H2,(H,18,20)(H,22,23);1H2/t2*9?,10-,14-;/m11./s1. The highest BCUT2D eigenvalue weighted by molar-refractivity contribution is 8.00. The van der Waals surface area contributed by atoms with Crippen molar-refractivity contribution in [3.63, 3.8) is 0 Å². The van der Waals surface area contributed by atoms with E-state index in [4.69, 9.17) is 34.7 Å². The van der Waals surface area contributed by atoms with Gasteiger partial charge in [0.25, 0.3) is 11.8 Å². The highest BCUT2D eigenvalue weighted by atomic mass is 35.5. The molecular weight excluding hydrogens is 723 g/mol. The summed E-state index contributed by atoms with van der Waals surface area (Å²) in [6.07, 6.45) is 0. The summed E-state index contributed by atoms with van der Waals surface area (Å²) in [5, 5.41) is 22.9. The van der Waals surface area contributed by atoms with Crippen molar-refractivity contribution in [2.75, 3.05) is 11.5 Å². The molecule has 0 saturated carbocycles. The molecule has 4 heterocycles. The van der Waals surface area contributed by atoms with E-state index in [1.54, 1.807) is 48.5 Å². The van der Waals surface area contributed by atoms with E-state index >= 15 is 0 Å². The molecule has 0 bridgehead atoms. The van der Waals surface area contributed by atoms with Crippen molar-refractivity contribution in [2.45, 2.75) is 34.9 Å². The van der Waals surface area contributed by atoms with Gasteiger partial charge in [0.05, 0.1) is 10.1 Å². The summed E-state index contributed by atoms with van der Waals surface area (Å²) in [5.41, 5.74) is 12.6. The maximum Gasteiger partial charge on any atom is 0.353 e. The van der Waals surface area contributed by atoms with Crippen LogP contribution < -0.4 is 22.1 Å². The lowest BCUT2D eigenvalue weighted by molar-refractivity contribution is -0.150. The fraction of sp³-hybridized carbons (Fsp3) is 0.267. The number of carboxylic acid groups (broad SMARTS) is 2. The average Bonchev–Trinajstić information content (AvgIpc) is 3.09. The molecule has 6 rings (SSSR count). The smallest absolute Gasteiger partial charge is 0.353 e. The van der Waals surface area contributed by atoms with Gasteiger partial charge in [0.15, 0.2) is 0 Å². The molecule has 4 aliphatic rings. The minimum absolute atomic E-state index is 0. The van der Waals surface area contributed by atoms with Gasteiger partial charge in [-0.05, 0) is 11.1 Å². The molecule has 0 spiro atoms. The molecule has 0 aliphatic carbocycles. The lowest BCUT2D eigenvalue weighted by Crippen LogP contribution is -2.70. The van der Waals surface area contributed by atoms with Crippen molar-refractivity contribution in [3.05, 3.63) is 93.2 Å². The number of amides is 4. The third-order valence-electron chi connectivity index (χ3n) is 7.73. The van der Waals surface area contributed by atoms with Crippen LogP contribution in [-0.2, 0) is 28.8 Å². The van der Waals surface area contributed by atoms with Crippen molar-refractivity contribution in [1.82, 2.24) is 20.4 Å². The number of nitrogens with one attached hydrogen (secondary N) is 2. The van der Waals surface area contributed by atoms with Crippen molar-refractivity contribution < 1.29 is 44.5 Å². The number of nitrogens with two attached hydrogens (primary N) is 2. The molecule has 0 aromatic heterocycles. The first-order valence-electron chi connectivity index (χ1n) is 14.2. The molecule has 260 valence electrons. The Balaban J connectivity index is 0.000000216. The third-order valence-corrected chi connectivity index (χ3v) is 11.2. The summed E-state index contributed by atoms with van der Waals surface area (Å²) < 4.78 is 0. The fourth-order valence-corrected chi connectivity index (χ4v) is 8.37. The molecule has 19 heteroatoms. The van der Waals surface area contributed by atoms with Crippen LogP contribution in [0.4, 0.5) is 0 Å². The second-order valence-electron chi connectivity index (χ2n) is 10.7. The van der Waals surface area contributed by atoms with E-state index in [0.29, 0.717) is 11.1 Å². The molecule has 2 fully saturated rings. The van der Waals surface area contributed by atoms with Crippen LogP contribution in [-0.4, -0.2) is 95.4 Å². The maximum absolute atomic E-state index is 12.3. The number of benzene rings is 2. The van der Waals surface area contributed by atoms with Crippen molar-refractivity contribution in [3.8, 4) is 0 Å². The number of hydrogen-bond acceptors (Lipinski definition) is 10. The molecule has 4 amide bonds. The van der Waals surface area contributed by atoms with Gasteiger partial charge in [-0.25, -0.2) is 9.59 Å². The second kappa shape index (κ2) is 15.6. The SMILES string of the molecule is NC(C(=O)N[C@@H]1C(=O)N2C(C(=O)O)=C(Cl)CS[C@H]12)c1ccccc1.NC(C(=O)N[C@@H]1C(=O)N2C(C(=O)O)=C(Cl)CS[C@H]12)c1ccccc1.O. The summed E-state index contributed by atoms with van der Waals surface area (Å²) in [7, 11) is 0. The fourth-order valence-electron chi connectivity index (χ4n) is 5.27. The topological polar surface area (TPSA) is 257 Å². The maximum atomic E-state index is 12.3. The number of rotatable bonds is 8. The van der Waals surface area contributed by atoms with Gasteiger partial charge in [0.2, 0.25) is 11.8 Å². The van der Waals surface area contributed by atoms with Crippen LogP contribution in [0.1, 0.15) is 23.2 Å². The predicted octanol–water partition coefficient (Wildman–Crippen LogP) is 0.418. The van der Waals surface area contributed by atoms with Crippen LogP contribution >= 0.6 is 46.7 Å². The number of carbonyl (C=O) groups excluding carboxylic acids is 4. The van der Waals surface area contributed by atoms with E-state index in [1.807, 2.05) is 12.1 Å². The van der Waals surface area contributed by atoms with Crippen LogP contribution in [0.3, 0.4) is 0 Å². The summed E-state index contributed by atoms with van der Waals surface area (Å²) in [5.74, 6) is -3.96. The van der Waals surface area contributed by atoms with Crippen LogP contribution in [0, 0.1) is 0 Å². The molecule has 6 atom stereocenters. The molecule has 15 nitrogen and oxygen atoms in total. The Hall–Kier alpha value is -4.10. The van der Waals surface area contributed by atoms with Crippen molar-refractivity contribution in [2.24, 2.45) is 11.5 Å². The average molecular weight is 754 g/mol. The quantitative estimate of drug-likeness (QED) is 0.201. The number of thioether (sulfide) groups is 2. The van der Waals surface area contributed by atoms with E-state index in [2.05, 4.69) is 10.6 Å². The number of carbonyl (C=O) groups is 6. The Morgan fingerprint density at radius 2 is 1.02 bits per heavy atom. The van der Waals surface area contributed by atoms with E-state index in [-0.39, 0.29) is 38.4 Å². The number of fused-ring (bicyclic) bond motifs is 2. The first-order chi connectivity index (χ1) is 22.8. The van der Waals surface area contributed by atoms with Crippen molar-refractivity contribution >= 4 is 82.3 Å². The molecule has 2 aromatic rings. The Kier molecular flexibility index (Phi) is 12.0. The van der Waals surface area contributed by atoms with E-state index in [1.165, 1.54) is 23.5 Å². The molecule has 2 unspecified atom stereocenters. The molecule has 2 aromatic carbocycles. The number of halogens is 2. The van der Waals surface area contributed by atoms with Gasteiger partial charge >= 0.3 is 11.9 Å². The van der Waals surface area contributed by atoms with Gasteiger partial charge in [-0.2, -0.15) is 0 Å². The Morgan fingerprint density at radius 1 is 0.694 bits per heavy atom. The van der Waals surface area contributed by atoms with Crippen LogP contribution in [0.5, 0.6) is 0 Å². The zero-order chi connectivity index (χ0) is 34.9. The van der Waals surface area contributed by atoms with Gasteiger partial charge in [-0.15, -0.1) is 23.5 Å². The Morgan fingerprint density at radius 3 is 1.33 bits per heavy atom. The van der Waals surface area contributed by atoms with Gasteiger partial charge in [-0.1, -0.05) is 83.9 Å². The van der Waals surface area contributed by atoms with Crippen molar-refractivity contribution in [1.29, 1.82) is 0 Å². The van der Waals surface area contributed by atoms with E-state index in [0.717, 1.165) is 9.80 Å². The number of hydrogen-bond donors (Lipinski definition) is 6. The molecule has 10 N–H and O–H groups in total. The second-order valence-corrected chi connectivity index (χ2v) is 13.8. The lowest BCUT2D eigenvalue weighted by atomic mass is 10.0. The molecule has 4 aliphatic heterocycles. The minimum atomic E-state index is -1.26. The van der Waals surface area contributed by atoms with E-state index < -0.39 is 70.5 Å². The molecule has 49 heavy (non-hydrogen) atoms. The lowest BCUT2D eigenvalue weighted by Gasteiger charge is -2.48. The number of nitrogens with zero attached hydrogens (tertiary/aromatic N) is 2. The monoisotopic (exact) mass is 752 g/mol. The van der Waals surface area contributed by atoms with Crippen LogP contribution in [0.2, 0.25) is 0 Å². The van der Waals surface area contributed by atoms with E-state index in [9.17, 15) is 39.0 Å². The normalized spacial score (nSPS) is 23.6. The van der Waals surface area contributed by atoms with Crippen LogP contribution in [0.15, 0.2) is 82.1 Å².